The first kappa shape index (κ1) is 14.6. The van der Waals surface area contributed by atoms with Gasteiger partial charge in [-0.25, -0.2) is 9.18 Å². The maximum atomic E-state index is 13.1. The standard InChI is InChI=1S/C12H12FNO5/c1-6-2-7(4-8(13)3-6)11(17)14-9(12(18)19)5-10(15)16/h2-4,9H,5H2,1H3,(H,14,17)(H,15,16)(H,18,19). The van der Waals surface area contributed by atoms with Gasteiger partial charge in [0.1, 0.15) is 11.9 Å². The Kier molecular flexibility index (Phi) is 4.57. The van der Waals surface area contributed by atoms with Gasteiger partial charge in [-0.2, -0.15) is 0 Å². The number of halogens is 1. The van der Waals surface area contributed by atoms with Gasteiger partial charge < -0.3 is 15.5 Å². The highest BCUT2D eigenvalue weighted by Gasteiger charge is 2.23. The first-order valence-corrected chi connectivity index (χ1v) is 5.32. The number of amides is 1. The van der Waals surface area contributed by atoms with Crippen molar-refractivity contribution in [2.75, 3.05) is 0 Å². The zero-order valence-corrected chi connectivity index (χ0v) is 10.0. The molecule has 0 radical (unpaired) electrons. The maximum Gasteiger partial charge on any atom is 0.326 e. The number of aliphatic carboxylic acids is 2. The normalized spacial score (nSPS) is 11.7. The number of hydrogen-bond acceptors (Lipinski definition) is 3. The van der Waals surface area contributed by atoms with Crippen LogP contribution in [0, 0.1) is 12.7 Å². The van der Waals surface area contributed by atoms with E-state index in [0.29, 0.717) is 5.56 Å². The minimum absolute atomic E-state index is 0.0610. The van der Waals surface area contributed by atoms with E-state index in [2.05, 4.69) is 0 Å². The summed E-state index contributed by atoms with van der Waals surface area (Å²) in [5.41, 5.74) is 0.435. The molecule has 0 saturated carbocycles. The van der Waals surface area contributed by atoms with Crippen LogP contribution in [0.3, 0.4) is 0 Å². The molecule has 0 fully saturated rings. The number of carbonyl (C=O) groups excluding carboxylic acids is 1. The summed E-state index contributed by atoms with van der Waals surface area (Å²) in [6.45, 7) is 1.58. The summed E-state index contributed by atoms with van der Waals surface area (Å²) >= 11 is 0. The summed E-state index contributed by atoms with van der Waals surface area (Å²) in [5, 5.41) is 19.3. The zero-order chi connectivity index (χ0) is 14.6. The summed E-state index contributed by atoms with van der Waals surface area (Å²) < 4.78 is 13.1. The van der Waals surface area contributed by atoms with E-state index in [1.54, 1.807) is 6.92 Å². The molecule has 19 heavy (non-hydrogen) atoms. The van der Waals surface area contributed by atoms with Crippen LogP contribution in [-0.4, -0.2) is 34.1 Å². The second kappa shape index (κ2) is 5.94. The van der Waals surface area contributed by atoms with E-state index in [0.717, 1.165) is 6.07 Å². The van der Waals surface area contributed by atoms with E-state index >= 15 is 0 Å². The molecule has 0 aromatic heterocycles. The molecule has 3 N–H and O–H groups in total. The van der Waals surface area contributed by atoms with Gasteiger partial charge >= 0.3 is 11.9 Å². The van der Waals surface area contributed by atoms with Crippen molar-refractivity contribution in [3.8, 4) is 0 Å². The lowest BCUT2D eigenvalue weighted by molar-refractivity contribution is -0.145. The molecule has 102 valence electrons. The fourth-order valence-corrected chi connectivity index (χ4v) is 1.48. The predicted molar refractivity (Wildman–Crippen MR) is 62.3 cm³/mol. The zero-order valence-electron chi connectivity index (χ0n) is 10.0. The van der Waals surface area contributed by atoms with E-state index in [9.17, 15) is 18.8 Å². The second-order valence-corrected chi connectivity index (χ2v) is 3.98. The van der Waals surface area contributed by atoms with E-state index in [4.69, 9.17) is 10.2 Å². The van der Waals surface area contributed by atoms with Crippen LogP contribution in [0.25, 0.3) is 0 Å². The summed E-state index contributed by atoms with van der Waals surface area (Å²) in [6.07, 6.45) is -0.755. The maximum absolute atomic E-state index is 13.1. The van der Waals surface area contributed by atoms with Crippen molar-refractivity contribution in [3.63, 3.8) is 0 Å². The SMILES string of the molecule is Cc1cc(F)cc(C(=O)NC(CC(=O)O)C(=O)O)c1. The number of hydrogen-bond donors (Lipinski definition) is 3. The van der Waals surface area contributed by atoms with Crippen LogP contribution >= 0.6 is 0 Å². The summed E-state index contributed by atoms with van der Waals surface area (Å²) in [4.78, 5) is 33.0. The number of carboxylic acid groups (broad SMARTS) is 2. The van der Waals surface area contributed by atoms with E-state index in [-0.39, 0.29) is 5.56 Å². The second-order valence-electron chi connectivity index (χ2n) is 3.98. The molecule has 1 unspecified atom stereocenters. The summed E-state index contributed by atoms with van der Waals surface area (Å²) in [6, 6.07) is 1.97. The average Bonchev–Trinajstić information content (AvgIpc) is 2.25. The fourth-order valence-electron chi connectivity index (χ4n) is 1.48. The van der Waals surface area contributed by atoms with Gasteiger partial charge in [-0.1, -0.05) is 0 Å². The molecule has 1 amide bonds. The number of benzene rings is 1. The summed E-state index contributed by atoms with van der Waals surface area (Å²) in [7, 11) is 0. The van der Waals surface area contributed by atoms with Crippen LogP contribution < -0.4 is 5.32 Å². The predicted octanol–water partition coefficient (Wildman–Crippen LogP) is 0.792. The van der Waals surface area contributed by atoms with Gasteiger partial charge in [-0.05, 0) is 30.7 Å². The first-order chi connectivity index (χ1) is 8.79. The quantitative estimate of drug-likeness (QED) is 0.733. The van der Waals surface area contributed by atoms with Crippen molar-refractivity contribution >= 4 is 17.8 Å². The van der Waals surface area contributed by atoms with Gasteiger partial charge in [0.05, 0.1) is 6.42 Å². The minimum atomic E-state index is -1.56. The van der Waals surface area contributed by atoms with Crippen LogP contribution in [0.15, 0.2) is 18.2 Å². The Labute approximate surface area is 107 Å². The molecule has 0 spiro atoms. The Bertz CT molecular complexity index is 509. The molecule has 0 aliphatic carbocycles. The van der Waals surface area contributed by atoms with Gasteiger partial charge in [0.25, 0.3) is 5.91 Å². The third kappa shape index (κ3) is 4.38. The largest absolute Gasteiger partial charge is 0.481 e. The lowest BCUT2D eigenvalue weighted by Crippen LogP contribution is -2.42. The lowest BCUT2D eigenvalue weighted by atomic mass is 10.1. The van der Waals surface area contributed by atoms with Crippen LogP contribution in [0.2, 0.25) is 0 Å². The van der Waals surface area contributed by atoms with Crippen molar-refractivity contribution in [1.82, 2.24) is 5.32 Å². The summed E-state index contributed by atoms with van der Waals surface area (Å²) in [5.74, 6) is -4.29. The van der Waals surface area contributed by atoms with Gasteiger partial charge in [-0.3, -0.25) is 9.59 Å². The highest BCUT2D eigenvalue weighted by molar-refractivity contribution is 5.97. The van der Waals surface area contributed by atoms with E-state index < -0.39 is 36.1 Å². The molecule has 1 aromatic carbocycles. The first-order valence-electron chi connectivity index (χ1n) is 5.32. The van der Waals surface area contributed by atoms with Crippen LogP contribution in [-0.2, 0) is 9.59 Å². The Hall–Kier alpha value is -2.44. The molecular formula is C12H12FNO5. The van der Waals surface area contributed by atoms with Crippen molar-refractivity contribution in [3.05, 3.63) is 35.1 Å². The molecule has 6 nitrogen and oxygen atoms in total. The molecule has 0 aliphatic rings. The fraction of sp³-hybridized carbons (Fsp3) is 0.250. The molecule has 0 saturated heterocycles. The minimum Gasteiger partial charge on any atom is -0.481 e. The smallest absolute Gasteiger partial charge is 0.326 e. The Morgan fingerprint density at radius 1 is 1.26 bits per heavy atom. The number of aryl methyl sites for hydroxylation is 1. The Morgan fingerprint density at radius 2 is 1.89 bits per heavy atom. The van der Waals surface area contributed by atoms with Gasteiger partial charge in [-0.15, -0.1) is 0 Å². The molecule has 0 bridgehead atoms. The number of rotatable bonds is 5. The molecule has 0 aliphatic heterocycles. The average molecular weight is 269 g/mol. The molecule has 1 rings (SSSR count). The third-order valence-electron chi connectivity index (χ3n) is 2.29. The monoisotopic (exact) mass is 269 g/mol. The number of carbonyl (C=O) groups is 3. The van der Waals surface area contributed by atoms with Gasteiger partial charge in [0, 0.05) is 5.56 Å². The molecule has 0 heterocycles. The van der Waals surface area contributed by atoms with Crippen LogP contribution in [0.4, 0.5) is 4.39 Å². The van der Waals surface area contributed by atoms with E-state index in [1.807, 2.05) is 5.32 Å². The van der Waals surface area contributed by atoms with Crippen LogP contribution in [0.1, 0.15) is 22.3 Å². The lowest BCUT2D eigenvalue weighted by Gasteiger charge is -2.12. The molecule has 1 aromatic rings. The highest BCUT2D eigenvalue weighted by Crippen LogP contribution is 2.09. The van der Waals surface area contributed by atoms with Crippen LogP contribution in [0.5, 0.6) is 0 Å². The molecule has 7 heteroatoms. The topological polar surface area (TPSA) is 104 Å². The molecular weight excluding hydrogens is 257 g/mol. The third-order valence-corrected chi connectivity index (χ3v) is 2.29. The van der Waals surface area contributed by atoms with Crippen molar-refractivity contribution in [2.24, 2.45) is 0 Å². The highest BCUT2D eigenvalue weighted by atomic mass is 19.1. The van der Waals surface area contributed by atoms with Crippen molar-refractivity contribution in [1.29, 1.82) is 0 Å². The van der Waals surface area contributed by atoms with Crippen molar-refractivity contribution in [2.45, 2.75) is 19.4 Å². The number of carboxylic acids is 2. The Morgan fingerprint density at radius 3 is 2.37 bits per heavy atom. The number of nitrogens with one attached hydrogen (secondary N) is 1. The van der Waals surface area contributed by atoms with Crippen molar-refractivity contribution < 1.29 is 29.0 Å². The van der Waals surface area contributed by atoms with Gasteiger partial charge in [0.15, 0.2) is 0 Å². The molecule has 1 atom stereocenters. The Balaban J connectivity index is 2.87. The van der Waals surface area contributed by atoms with E-state index in [1.165, 1.54) is 12.1 Å². The van der Waals surface area contributed by atoms with Gasteiger partial charge in [0.2, 0.25) is 0 Å².